The minimum Gasteiger partial charge on any atom is -0.493 e. The molecule has 0 aliphatic heterocycles. The number of amides is 2. The summed E-state index contributed by atoms with van der Waals surface area (Å²) in [6, 6.07) is 6.75. The Balaban J connectivity index is 2.37. The van der Waals surface area contributed by atoms with Gasteiger partial charge in [0.15, 0.2) is 5.11 Å². The van der Waals surface area contributed by atoms with Gasteiger partial charge in [-0.2, -0.15) is 0 Å². The molecule has 0 radical (unpaired) electrons. The van der Waals surface area contributed by atoms with Gasteiger partial charge in [0.1, 0.15) is 5.75 Å². The molecule has 0 saturated carbocycles. The van der Waals surface area contributed by atoms with Gasteiger partial charge in [-0.25, -0.2) is 0 Å². The second-order valence-electron chi connectivity index (χ2n) is 5.63. The third-order valence-electron chi connectivity index (χ3n) is 2.92. The molecule has 0 aliphatic rings. The largest absolute Gasteiger partial charge is 0.493 e. The third kappa shape index (κ3) is 9.02. The first-order valence-electron chi connectivity index (χ1n) is 8.13. The average Bonchev–Trinajstić information content (AvgIpc) is 2.58. The predicted octanol–water partition coefficient (Wildman–Crippen LogP) is 1.78. The van der Waals surface area contributed by atoms with Crippen LogP contribution in [0.3, 0.4) is 0 Å². The van der Waals surface area contributed by atoms with Gasteiger partial charge < -0.3 is 9.47 Å². The van der Waals surface area contributed by atoms with E-state index in [1.54, 1.807) is 24.3 Å². The molecular formula is C17H25N3O4S. The second kappa shape index (κ2) is 11.4. The summed E-state index contributed by atoms with van der Waals surface area (Å²) < 4.78 is 10.6. The van der Waals surface area contributed by atoms with Crippen molar-refractivity contribution in [2.24, 2.45) is 5.92 Å². The fourth-order valence-electron chi connectivity index (χ4n) is 1.67. The molecule has 0 saturated heterocycles. The Hall–Kier alpha value is -2.19. The van der Waals surface area contributed by atoms with Gasteiger partial charge in [-0.05, 0) is 49.3 Å². The molecule has 25 heavy (non-hydrogen) atoms. The monoisotopic (exact) mass is 367 g/mol. The molecule has 0 unspecified atom stereocenters. The van der Waals surface area contributed by atoms with E-state index in [0.717, 1.165) is 0 Å². The fraction of sp³-hybridized carbons (Fsp3) is 0.471. The molecule has 138 valence electrons. The van der Waals surface area contributed by atoms with Gasteiger partial charge in [0.25, 0.3) is 5.91 Å². The molecule has 0 aromatic heterocycles. The number of hydrogen-bond donors (Lipinski definition) is 3. The fourth-order valence-corrected chi connectivity index (χ4v) is 1.81. The summed E-state index contributed by atoms with van der Waals surface area (Å²) in [6.45, 7) is 7.47. The van der Waals surface area contributed by atoms with Gasteiger partial charge >= 0.3 is 0 Å². The van der Waals surface area contributed by atoms with Crippen LogP contribution < -0.4 is 20.9 Å². The highest BCUT2D eigenvalue weighted by atomic mass is 32.1. The molecule has 0 atom stereocenters. The lowest BCUT2D eigenvalue weighted by Gasteiger charge is -2.11. The number of hydrogen-bond acceptors (Lipinski definition) is 5. The van der Waals surface area contributed by atoms with E-state index in [-0.39, 0.29) is 23.3 Å². The topological polar surface area (TPSA) is 88.7 Å². The minimum atomic E-state index is -0.378. The van der Waals surface area contributed by atoms with Crippen LogP contribution in [-0.4, -0.2) is 36.7 Å². The summed E-state index contributed by atoms with van der Waals surface area (Å²) >= 11 is 4.97. The van der Waals surface area contributed by atoms with Crippen LogP contribution in [0.4, 0.5) is 0 Å². The Morgan fingerprint density at radius 2 is 1.84 bits per heavy atom. The van der Waals surface area contributed by atoms with E-state index in [4.69, 9.17) is 21.7 Å². The summed E-state index contributed by atoms with van der Waals surface area (Å²) in [4.78, 5) is 23.6. The van der Waals surface area contributed by atoms with E-state index in [1.165, 1.54) is 0 Å². The number of hydrazine groups is 1. The standard InChI is InChI=1S/C17H25N3O4S/c1-4-23-10-9-15(21)19-20-17(25)18-16(22)13-5-7-14(8-6-13)24-11-12(2)3/h5-8,12H,4,9-11H2,1-3H3,(H,19,21)(H2,18,20,22,25). The highest BCUT2D eigenvalue weighted by molar-refractivity contribution is 7.80. The molecule has 0 fully saturated rings. The lowest BCUT2D eigenvalue weighted by atomic mass is 10.2. The zero-order valence-corrected chi connectivity index (χ0v) is 15.6. The van der Waals surface area contributed by atoms with Gasteiger partial charge in [-0.15, -0.1) is 0 Å². The van der Waals surface area contributed by atoms with Crippen molar-refractivity contribution in [3.63, 3.8) is 0 Å². The zero-order chi connectivity index (χ0) is 18.7. The van der Waals surface area contributed by atoms with E-state index >= 15 is 0 Å². The lowest BCUT2D eigenvalue weighted by molar-refractivity contribution is -0.122. The van der Waals surface area contributed by atoms with Gasteiger partial charge in [0.05, 0.1) is 19.6 Å². The summed E-state index contributed by atoms with van der Waals surface area (Å²) in [6.07, 6.45) is 0.204. The maximum atomic E-state index is 12.1. The van der Waals surface area contributed by atoms with Crippen molar-refractivity contribution in [3.8, 4) is 5.75 Å². The van der Waals surface area contributed by atoms with Crippen LogP contribution in [0.5, 0.6) is 5.75 Å². The van der Waals surface area contributed by atoms with E-state index < -0.39 is 0 Å². The second-order valence-corrected chi connectivity index (χ2v) is 6.04. The number of thiocarbonyl (C=S) groups is 1. The van der Waals surface area contributed by atoms with Crippen molar-refractivity contribution in [2.75, 3.05) is 19.8 Å². The number of ether oxygens (including phenoxy) is 2. The van der Waals surface area contributed by atoms with E-state index in [1.807, 2.05) is 6.92 Å². The lowest BCUT2D eigenvalue weighted by Crippen LogP contribution is -2.48. The van der Waals surface area contributed by atoms with Gasteiger partial charge in [0.2, 0.25) is 5.91 Å². The zero-order valence-electron chi connectivity index (χ0n) is 14.8. The minimum absolute atomic E-state index is 0.00916. The molecule has 7 nitrogen and oxygen atoms in total. The van der Waals surface area contributed by atoms with Crippen LogP contribution in [-0.2, 0) is 9.53 Å². The Labute approximate surface area is 153 Å². The normalized spacial score (nSPS) is 10.2. The van der Waals surface area contributed by atoms with E-state index in [0.29, 0.717) is 37.1 Å². The molecule has 0 spiro atoms. The van der Waals surface area contributed by atoms with E-state index in [2.05, 4.69) is 30.0 Å². The number of nitrogens with one attached hydrogen (secondary N) is 3. The molecule has 2 amide bonds. The van der Waals surface area contributed by atoms with E-state index in [9.17, 15) is 9.59 Å². The Bertz CT molecular complexity index is 576. The van der Waals surface area contributed by atoms with Crippen LogP contribution in [0.25, 0.3) is 0 Å². The first-order valence-corrected chi connectivity index (χ1v) is 8.54. The molecule has 1 aromatic rings. The molecule has 3 N–H and O–H groups in total. The van der Waals surface area contributed by atoms with Crippen LogP contribution in [0, 0.1) is 5.92 Å². The summed E-state index contributed by atoms with van der Waals surface area (Å²) in [5.41, 5.74) is 5.30. The average molecular weight is 367 g/mol. The van der Waals surface area contributed by atoms with Crippen molar-refractivity contribution >= 4 is 29.1 Å². The molecule has 0 heterocycles. The number of carbonyl (C=O) groups excluding carboxylic acids is 2. The van der Waals surface area contributed by atoms with Crippen LogP contribution in [0.1, 0.15) is 37.6 Å². The van der Waals surface area contributed by atoms with Crippen molar-refractivity contribution in [3.05, 3.63) is 29.8 Å². The molecule has 1 aromatic carbocycles. The van der Waals surface area contributed by atoms with Crippen molar-refractivity contribution in [1.82, 2.24) is 16.2 Å². The summed E-state index contributed by atoms with van der Waals surface area (Å²) in [5, 5.41) is 2.49. The maximum absolute atomic E-state index is 12.1. The molecule has 0 bridgehead atoms. The maximum Gasteiger partial charge on any atom is 0.257 e. The predicted molar refractivity (Wildman–Crippen MR) is 99.2 cm³/mol. The number of benzene rings is 1. The Morgan fingerprint density at radius 3 is 2.44 bits per heavy atom. The number of rotatable bonds is 8. The van der Waals surface area contributed by atoms with Gasteiger partial charge in [-0.1, -0.05) is 13.8 Å². The molecule has 8 heteroatoms. The number of carbonyl (C=O) groups is 2. The highest BCUT2D eigenvalue weighted by Gasteiger charge is 2.09. The third-order valence-corrected chi connectivity index (χ3v) is 3.12. The smallest absolute Gasteiger partial charge is 0.257 e. The molecule has 1 rings (SSSR count). The summed E-state index contributed by atoms with van der Waals surface area (Å²) in [7, 11) is 0. The van der Waals surface area contributed by atoms with Crippen LogP contribution in [0.15, 0.2) is 24.3 Å². The van der Waals surface area contributed by atoms with Gasteiger partial charge in [-0.3, -0.25) is 25.8 Å². The van der Waals surface area contributed by atoms with Crippen LogP contribution >= 0.6 is 12.2 Å². The first kappa shape index (κ1) is 20.9. The Morgan fingerprint density at radius 1 is 1.16 bits per heavy atom. The first-order chi connectivity index (χ1) is 11.9. The van der Waals surface area contributed by atoms with Crippen LogP contribution in [0.2, 0.25) is 0 Å². The summed E-state index contributed by atoms with van der Waals surface area (Å²) in [5.74, 6) is 0.468. The van der Waals surface area contributed by atoms with Crippen molar-refractivity contribution < 1.29 is 19.1 Å². The molecule has 0 aliphatic carbocycles. The SMILES string of the molecule is CCOCCC(=O)NNC(=S)NC(=O)c1ccc(OCC(C)C)cc1. The molecular weight excluding hydrogens is 342 g/mol. The van der Waals surface area contributed by atoms with Crippen molar-refractivity contribution in [1.29, 1.82) is 0 Å². The van der Waals surface area contributed by atoms with Gasteiger partial charge in [0, 0.05) is 12.2 Å². The Kier molecular flexibility index (Phi) is 9.49. The highest BCUT2D eigenvalue weighted by Crippen LogP contribution is 2.13. The quantitative estimate of drug-likeness (QED) is 0.369. The van der Waals surface area contributed by atoms with Crippen molar-refractivity contribution in [2.45, 2.75) is 27.2 Å².